The van der Waals surface area contributed by atoms with Crippen LogP contribution in [-0.4, -0.2) is 310 Å². The molecule has 103 heavy (non-hydrogen) atoms. The molecule has 0 aliphatic carbocycles. The lowest BCUT2D eigenvalue weighted by molar-refractivity contribution is -0.146. The van der Waals surface area contributed by atoms with E-state index in [4.69, 9.17) is 30.4 Å². The van der Waals surface area contributed by atoms with E-state index >= 15 is 0 Å². The van der Waals surface area contributed by atoms with E-state index in [-0.39, 0.29) is 211 Å². The monoisotopic (exact) mass is 1480 g/mol. The Balaban J connectivity index is -0.0000118. The quantitative estimate of drug-likeness (QED) is 0.0266. The molecule has 592 valence electrons. The minimum Gasteiger partial charge on any atom is -0.480 e. The number of carbonyl (C=O) groups excluding carboxylic acids is 11. The van der Waals surface area contributed by atoms with E-state index in [1.54, 1.807) is 6.92 Å². The normalized spacial score (nSPS) is 12.0. The number of hydrogen-bond acceptors (Lipinski definition) is 25. The second-order valence-electron chi connectivity index (χ2n) is 23.7. The molecule has 0 spiro atoms. The van der Waals surface area contributed by atoms with Crippen molar-refractivity contribution in [1.29, 1.82) is 0 Å². The van der Waals surface area contributed by atoms with E-state index in [0.717, 1.165) is 9.80 Å². The van der Waals surface area contributed by atoms with Gasteiger partial charge in [0.1, 0.15) is 42.6 Å². The molecule has 0 heterocycles. The number of carboxylic acid groups (broad SMARTS) is 5. The van der Waals surface area contributed by atoms with Gasteiger partial charge in [0.15, 0.2) is 0 Å². The molecular formula is C65H117N13O25. The number of Topliss-reactive ketones (excluding diaryl/α,β-unsaturated/α-hetero) is 3. The molecule has 0 aliphatic heterocycles. The molecule has 0 aromatic heterocycles. The van der Waals surface area contributed by atoms with Crippen LogP contribution in [-0.2, 0) is 95.7 Å². The van der Waals surface area contributed by atoms with Crippen LogP contribution in [0.1, 0.15) is 144 Å². The second-order valence-corrected chi connectivity index (χ2v) is 23.7. The number of aliphatic carboxylic acids is 5. The largest absolute Gasteiger partial charge is 0.480 e. The van der Waals surface area contributed by atoms with E-state index in [1.807, 2.05) is 6.92 Å². The first-order valence-corrected chi connectivity index (χ1v) is 34.6. The van der Waals surface area contributed by atoms with Gasteiger partial charge in [0, 0.05) is 84.6 Å². The number of nitrogens with one attached hydrogen (secondary N) is 8. The molecule has 0 unspecified atom stereocenters. The van der Waals surface area contributed by atoms with Crippen LogP contribution < -0.4 is 54.0 Å². The molecule has 0 rings (SSSR count). The highest BCUT2D eigenvalue weighted by atomic mass is 16.5. The summed E-state index contributed by atoms with van der Waals surface area (Å²) < 4.78 is 21.4. The van der Waals surface area contributed by atoms with Crippen LogP contribution in [0, 0.1) is 0 Å². The van der Waals surface area contributed by atoms with E-state index in [0.29, 0.717) is 45.1 Å². The third-order valence-electron chi connectivity index (χ3n) is 14.1. The number of rotatable bonds is 65. The Kier molecular flexibility index (Phi) is 62.0. The number of carboxylic acids is 5. The number of ether oxygens (including phenoxy) is 4. The number of hydrogen-bond donors (Lipinski definition) is 15. The van der Waals surface area contributed by atoms with Gasteiger partial charge in [0.2, 0.25) is 47.3 Å². The van der Waals surface area contributed by atoms with Crippen molar-refractivity contribution in [2.45, 2.75) is 168 Å². The lowest BCUT2D eigenvalue weighted by Crippen LogP contribution is -2.50. The summed E-state index contributed by atoms with van der Waals surface area (Å²) in [7, 11) is 0. The van der Waals surface area contributed by atoms with Gasteiger partial charge in [-0.15, -0.1) is 0 Å². The molecule has 0 aromatic rings. The Hall–Kier alpha value is -8.24. The summed E-state index contributed by atoms with van der Waals surface area (Å²) in [6.45, 7) is 7.81. The predicted molar refractivity (Wildman–Crippen MR) is 372 cm³/mol. The molecule has 0 radical (unpaired) electrons. The summed E-state index contributed by atoms with van der Waals surface area (Å²) in [5, 5.41) is 69.1. The van der Waals surface area contributed by atoms with Crippen molar-refractivity contribution in [1.82, 2.24) is 57.2 Å². The zero-order valence-corrected chi connectivity index (χ0v) is 60.8. The fraction of sp³-hybridized carbons (Fsp3) is 0.754. The van der Waals surface area contributed by atoms with E-state index in [2.05, 4.69) is 56.4 Å². The van der Waals surface area contributed by atoms with Gasteiger partial charge in [-0.05, 0) is 91.4 Å². The highest BCUT2D eigenvalue weighted by Crippen LogP contribution is 2.12. The standard InChI is InChI=1S/C58H101N13O24.C4H8O.C3H8/c1-40(72)32-66-42(55(59)87)10-3-6-18-62-49(77)38-94-30-29-93-27-21-64-50(78)39-95-31-28-92-26-20-63-46(74)13-9-14-48(76)68-44(57(89)65-19-8-4-11-43(56(60)88)67-33-41(2)73)12-5-7-17-61-47(75)16-15-45(58(90)91)71(24-22-69(34-51(79)80)35-52(81)82)25-23-70(36-53(83)84)37-54(85)86;1-3-4(2)5;1-3-2/h42-45,66-67H,3-39H2,1-2H3,(H2,59,87)(H2,60,88)(H,61,75)(H,62,77)(H,63,74)(H,64,78)(H,65,89)(H,68,76)(H,79,80)(H,81,82)(H,83,84)(H,85,86)(H,90,91);3H2,1-2H3;3H2,1-2H3/t42-,43+,44-,45-;;/m0../s1. The smallest absolute Gasteiger partial charge is 0.320 e. The molecule has 0 saturated carbocycles. The molecule has 0 saturated heterocycles. The Morgan fingerprint density at radius 3 is 1.12 bits per heavy atom. The first-order valence-electron chi connectivity index (χ1n) is 34.6. The lowest BCUT2D eigenvalue weighted by Gasteiger charge is -2.32. The molecule has 0 fully saturated rings. The highest BCUT2D eigenvalue weighted by molar-refractivity contribution is 5.88. The summed E-state index contributed by atoms with van der Waals surface area (Å²) in [5.41, 5.74) is 10.8. The molecule has 8 amide bonds. The fourth-order valence-electron chi connectivity index (χ4n) is 8.84. The number of unbranched alkanes of at least 4 members (excludes halogenated alkanes) is 3. The Morgan fingerprint density at radius 2 is 0.738 bits per heavy atom. The zero-order chi connectivity index (χ0) is 78.3. The molecule has 0 aliphatic rings. The SMILES string of the molecule is CC(=O)CN[C@@H](CCCCNC(=O)COCCOCCNC(=O)COCCOCCNC(=O)CCCC(=O)N[C@@H](CCCCNC(=O)CC[C@@H](C(=O)O)N(CCN(CC(=O)O)CC(=O)O)CCN(CC(=O)O)CC(=O)O)C(=O)NCCCC[C@@H](NCC(C)=O)C(N)=O)C(N)=O.CCC.CCC(C)=O. The number of primary amides is 2. The molecule has 0 bridgehead atoms. The summed E-state index contributed by atoms with van der Waals surface area (Å²) in [5.74, 6) is -10.9. The fourth-order valence-corrected chi connectivity index (χ4v) is 8.84. The molecular weight excluding hydrogens is 1360 g/mol. The lowest BCUT2D eigenvalue weighted by atomic mass is 10.1. The van der Waals surface area contributed by atoms with Crippen LogP contribution in [0.2, 0.25) is 0 Å². The maximum atomic E-state index is 13.4. The first kappa shape index (κ1) is 98.9. The topological polar surface area (TPSA) is 569 Å². The van der Waals surface area contributed by atoms with Gasteiger partial charge < -0.3 is 92.6 Å². The van der Waals surface area contributed by atoms with Gasteiger partial charge in [-0.1, -0.05) is 27.2 Å². The van der Waals surface area contributed by atoms with Crippen LogP contribution in [0.3, 0.4) is 0 Å². The third kappa shape index (κ3) is 64.4. The Labute approximate surface area is 601 Å². The molecule has 17 N–H and O–H groups in total. The maximum Gasteiger partial charge on any atom is 0.320 e. The molecule has 38 heteroatoms. The first-order chi connectivity index (χ1) is 48.8. The molecule has 4 atom stereocenters. The Morgan fingerprint density at radius 1 is 0.388 bits per heavy atom. The average Bonchev–Trinajstić information content (AvgIpc) is 0.883. The molecule has 38 nitrogen and oxygen atoms in total. The maximum absolute atomic E-state index is 13.4. The van der Waals surface area contributed by atoms with Crippen LogP contribution in [0.5, 0.6) is 0 Å². The Bertz CT molecular complexity index is 2480. The minimum absolute atomic E-state index is 0.0373. The average molecular weight is 1480 g/mol. The van der Waals surface area contributed by atoms with Gasteiger partial charge in [-0.2, -0.15) is 0 Å². The van der Waals surface area contributed by atoms with Crippen molar-refractivity contribution in [3.05, 3.63) is 0 Å². The third-order valence-corrected chi connectivity index (χ3v) is 14.1. The van der Waals surface area contributed by atoms with Crippen LogP contribution in [0.15, 0.2) is 0 Å². The number of nitrogens with zero attached hydrogens (tertiary/aromatic N) is 3. The van der Waals surface area contributed by atoms with Gasteiger partial charge in [-0.25, -0.2) is 0 Å². The van der Waals surface area contributed by atoms with E-state index in [9.17, 15) is 102 Å². The summed E-state index contributed by atoms with van der Waals surface area (Å²) in [4.78, 5) is 193. The summed E-state index contributed by atoms with van der Waals surface area (Å²) in [6.07, 6.45) is 4.60. The van der Waals surface area contributed by atoms with Gasteiger partial charge in [0.25, 0.3) is 0 Å². The predicted octanol–water partition coefficient (Wildman–Crippen LogP) is -3.26. The minimum atomic E-state index is -1.45. The van der Waals surface area contributed by atoms with Crippen LogP contribution in [0.4, 0.5) is 0 Å². The van der Waals surface area contributed by atoms with Crippen molar-refractivity contribution in [3.8, 4) is 0 Å². The van der Waals surface area contributed by atoms with Crippen LogP contribution in [0.25, 0.3) is 0 Å². The zero-order valence-electron chi connectivity index (χ0n) is 60.8. The van der Waals surface area contributed by atoms with Crippen molar-refractivity contribution < 1.29 is 121 Å². The van der Waals surface area contributed by atoms with Crippen LogP contribution >= 0.6 is 0 Å². The highest BCUT2D eigenvalue weighted by Gasteiger charge is 2.29. The van der Waals surface area contributed by atoms with Gasteiger partial charge in [0.05, 0.1) is 91.0 Å². The summed E-state index contributed by atoms with van der Waals surface area (Å²) >= 11 is 0. The van der Waals surface area contributed by atoms with Crippen molar-refractivity contribution in [3.63, 3.8) is 0 Å². The second kappa shape index (κ2) is 64.6. The number of nitrogens with two attached hydrogens (primary N) is 2. The van der Waals surface area contributed by atoms with E-state index < -0.39 is 110 Å². The number of ketones is 3. The molecule has 0 aromatic carbocycles. The van der Waals surface area contributed by atoms with Gasteiger partial charge in [-0.3, -0.25) is 97.3 Å². The van der Waals surface area contributed by atoms with Crippen molar-refractivity contribution in [2.75, 3.05) is 151 Å². The number of carbonyl (C=O) groups is 16. The number of amides is 8. The van der Waals surface area contributed by atoms with Crippen molar-refractivity contribution in [2.24, 2.45) is 11.5 Å². The summed E-state index contributed by atoms with van der Waals surface area (Å²) in [6, 6.07) is -3.89. The van der Waals surface area contributed by atoms with Crippen molar-refractivity contribution >= 4 is 94.5 Å². The van der Waals surface area contributed by atoms with E-state index in [1.165, 1.54) is 25.2 Å². The van der Waals surface area contributed by atoms with Gasteiger partial charge >= 0.3 is 29.8 Å².